The van der Waals surface area contributed by atoms with Crippen LogP contribution in [-0.2, 0) is 16.1 Å². The van der Waals surface area contributed by atoms with Crippen LogP contribution in [0.15, 0.2) is 59.8 Å². The molecule has 2 aliphatic heterocycles. The van der Waals surface area contributed by atoms with Gasteiger partial charge in [-0.15, -0.1) is 0 Å². The lowest BCUT2D eigenvalue weighted by atomic mass is 9.79. The Balaban J connectivity index is 1.16. The number of hydrogen-bond donors (Lipinski definition) is 1. The number of likely N-dealkylation sites (tertiary alicyclic amines) is 2. The number of hydrogen-bond acceptors (Lipinski definition) is 6. The number of carbonyl (C=O) groups is 2. The molecule has 1 N–H and O–H groups in total. The Labute approximate surface area is 263 Å². The highest BCUT2D eigenvalue weighted by atomic mass is 16.6. The molecule has 238 valence electrons. The highest BCUT2D eigenvalue weighted by Gasteiger charge is 2.42. The van der Waals surface area contributed by atoms with Crippen LogP contribution >= 0.6 is 0 Å². The molecule has 0 saturated carbocycles. The van der Waals surface area contributed by atoms with Crippen molar-refractivity contribution >= 4 is 28.6 Å². The Morgan fingerprint density at radius 2 is 1.76 bits per heavy atom. The number of nitrogens with zero attached hydrogens (tertiary/aromatic N) is 5. The topological polar surface area (TPSA) is 109 Å². The average molecular weight is 614 g/mol. The molecule has 2 fully saturated rings. The highest BCUT2D eigenvalue weighted by Crippen LogP contribution is 2.36. The van der Waals surface area contributed by atoms with E-state index in [4.69, 9.17) is 4.74 Å². The van der Waals surface area contributed by atoms with Crippen molar-refractivity contribution in [2.45, 2.75) is 77.5 Å². The molecule has 0 aliphatic carbocycles. The number of benzene rings is 1. The van der Waals surface area contributed by atoms with Crippen molar-refractivity contribution in [1.82, 2.24) is 23.8 Å². The molecule has 0 radical (unpaired) electrons. The third-order valence-corrected chi connectivity index (χ3v) is 9.28. The molecule has 2 atom stereocenters. The van der Waals surface area contributed by atoms with E-state index in [9.17, 15) is 19.5 Å². The van der Waals surface area contributed by atoms with E-state index < -0.39 is 11.2 Å². The van der Waals surface area contributed by atoms with Crippen LogP contribution in [0.25, 0.3) is 16.6 Å². The number of ether oxygens (including phenoxy) is 1. The number of piperidine rings is 2. The summed E-state index contributed by atoms with van der Waals surface area (Å²) in [5, 5.41) is 12.1. The van der Waals surface area contributed by atoms with Crippen molar-refractivity contribution in [2.75, 3.05) is 26.2 Å². The predicted octanol–water partition coefficient (Wildman–Crippen LogP) is 4.66. The summed E-state index contributed by atoms with van der Waals surface area (Å²) in [6.45, 7) is 11.3. The van der Waals surface area contributed by atoms with Gasteiger partial charge >= 0.3 is 6.09 Å². The Morgan fingerprint density at radius 3 is 2.44 bits per heavy atom. The summed E-state index contributed by atoms with van der Waals surface area (Å²) >= 11 is 0. The number of rotatable bonds is 4. The van der Waals surface area contributed by atoms with Gasteiger partial charge in [-0.25, -0.2) is 9.78 Å². The summed E-state index contributed by atoms with van der Waals surface area (Å²) in [6, 6.07) is 13.8. The van der Waals surface area contributed by atoms with Crippen LogP contribution in [0.3, 0.4) is 0 Å². The van der Waals surface area contributed by atoms with Gasteiger partial charge in [-0.3, -0.25) is 14.2 Å². The quantitative estimate of drug-likeness (QED) is 0.359. The predicted molar refractivity (Wildman–Crippen MR) is 172 cm³/mol. The van der Waals surface area contributed by atoms with Crippen LogP contribution in [0.1, 0.15) is 62.6 Å². The molecule has 5 heterocycles. The van der Waals surface area contributed by atoms with Gasteiger partial charge in [0.15, 0.2) is 5.65 Å². The van der Waals surface area contributed by atoms with E-state index >= 15 is 0 Å². The van der Waals surface area contributed by atoms with Crippen LogP contribution in [0.2, 0.25) is 0 Å². The molecule has 6 rings (SSSR count). The van der Waals surface area contributed by atoms with E-state index in [0.29, 0.717) is 56.5 Å². The highest BCUT2D eigenvalue weighted by molar-refractivity contribution is 5.84. The van der Waals surface area contributed by atoms with E-state index in [-0.39, 0.29) is 35.9 Å². The summed E-state index contributed by atoms with van der Waals surface area (Å²) in [5.41, 5.74) is 2.80. The fourth-order valence-electron chi connectivity index (χ4n) is 6.97. The molecule has 2 amide bonds. The minimum Gasteiger partial charge on any atom is -0.444 e. The smallest absolute Gasteiger partial charge is 0.410 e. The number of carbonyl (C=O) groups excluding carboxylic acids is 2. The standard InChI is InChI=1S/C35H43N5O5/c1-23-17-24(2)29-18-27-30(40(29)19-23)36-22-39(32(27)42)21-35(44)12-15-37(16-13-35)31(41)26-11-14-38(33(43)45-34(3,4)5)20-28(26)25-9-7-6-8-10-25/h6-10,17-19,22,26,28,44H,11-16,20-21H2,1-5H3/t26-,28+/m1/s1. The third-order valence-electron chi connectivity index (χ3n) is 9.28. The number of aryl methyl sites for hydroxylation is 2. The number of aromatic nitrogens is 3. The van der Waals surface area contributed by atoms with Crippen LogP contribution in [0.5, 0.6) is 0 Å². The van der Waals surface area contributed by atoms with Crippen molar-refractivity contribution in [1.29, 1.82) is 0 Å². The molecular formula is C35H43N5O5. The number of aliphatic hydroxyl groups is 1. The van der Waals surface area contributed by atoms with Crippen molar-refractivity contribution in [3.63, 3.8) is 0 Å². The van der Waals surface area contributed by atoms with Crippen LogP contribution in [0.4, 0.5) is 4.79 Å². The first-order valence-electron chi connectivity index (χ1n) is 15.8. The van der Waals surface area contributed by atoms with E-state index in [0.717, 1.165) is 22.2 Å². The normalized spacial score (nSPS) is 20.5. The van der Waals surface area contributed by atoms with Gasteiger partial charge in [-0.2, -0.15) is 0 Å². The van der Waals surface area contributed by atoms with Crippen LogP contribution in [-0.4, -0.2) is 78.2 Å². The Hall–Kier alpha value is -4.18. The average Bonchev–Trinajstić information content (AvgIpc) is 3.37. The first-order valence-corrected chi connectivity index (χ1v) is 15.8. The van der Waals surface area contributed by atoms with Crippen molar-refractivity contribution in [3.8, 4) is 0 Å². The van der Waals surface area contributed by atoms with Crippen LogP contribution < -0.4 is 5.56 Å². The maximum atomic E-state index is 14.0. The second-order valence-corrected chi connectivity index (χ2v) is 13.9. The second kappa shape index (κ2) is 11.6. The van der Waals surface area contributed by atoms with Crippen molar-refractivity contribution < 1.29 is 19.4 Å². The zero-order valence-electron chi connectivity index (χ0n) is 26.8. The molecular weight excluding hydrogens is 570 g/mol. The third kappa shape index (κ3) is 6.20. The Morgan fingerprint density at radius 1 is 1.04 bits per heavy atom. The van der Waals surface area contributed by atoms with E-state index in [1.807, 2.05) is 86.5 Å². The molecule has 0 unspecified atom stereocenters. The first kappa shape index (κ1) is 30.8. The molecule has 3 aromatic heterocycles. The second-order valence-electron chi connectivity index (χ2n) is 13.9. The van der Waals surface area contributed by atoms with Gasteiger partial charge < -0.3 is 24.0 Å². The summed E-state index contributed by atoms with van der Waals surface area (Å²) in [5.74, 6) is -0.411. The lowest BCUT2D eigenvalue weighted by Crippen LogP contribution is -2.53. The van der Waals surface area contributed by atoms with Gasteiger partial charge in [0.25, 0.3) is 5.56 Å². The fraction of sp³-hybridized carbons (Fsp3) is 0.486. The molecule has 2 saturated heterocycles. The zero-order chi connectivity index (χ0) is 32.1. The SMILES string of the molecule is Cc1cc(C)c2cc3c(=O)n(CC4(O)CCN(C(=O)[C@@H]5CCN(C(=O)OC(C)(C)C)C[C@H]5c5ccccc5)CC4)cnc3n2c1. The molecule has 45 heavy (non-hydrogen) atoms. The molecule has 2 aliphatic rings. The lowest BCUT2D eigenvalue weighted by Gasteiger charge is -2.43. The lowest BCUT2D eigenvalue weighted by molar-refractivity contribution is -0.142. The molecule has 0 spiro atoms. The zero-order valence-corrected chi connectivity index (χ0v) is 26.8. The fourth-order valence-corrected chi connectivity index (χ4v) is 6.97. The maximum absolute atomic E-state index is 14.0. The minimum absolute atomic E-state index is 0.0427. The van der Waals surface area contributed by atoms with Gasteiger partial charge in [0.1, 0.15) is 11.9 Å². The number of amides is 2. The molecule has 0 bridgehead atoms. The van der Waals surface area contributed by atoms with Gasteiger partial charge in [0, 0.05) is 44.2 Å². The number of fused-ring (bicyclic) bond motifs is 3. The van der Waals surface area contributed by atoms with Gasteiger partial charge in [-0.05, 0) is 76.6 Å². The van der Waals surface area contributed by atoms with Crippen molar-refractivity contribution in [3.05, 3.63) is 82.0 Å². The van der Waals surface area contributed by atoms with Crippen LogP contribution in [0, 0.1) is 19.8 Å². The van der Waals surface area contributed by atoms with Gasteiger partial charge in [0.2, 0.25) is 5.91 Å². The van der Waals surface area contributed by atoms with E-state index in [1.54, 1.807) is 4.90 Å². The van der Waals surface area contributed by atoms with E-state index in [1.165, 1.54) is 10.9 Å². The largest absolute Gasteiger partial charge is 0.444 e. The molecule has 10 heteroatoms. The molecule has 4 aromatic rings. The number of pyridine rings is 1. The monoisotopic (exact) mass is 613 g/mol. The van der Waals surface area contributed by atoms with Gasteiger partial charge in [0.05, 0.1) is 23.0 Å². The van der Waals surface area contributed by atoms with E-state index in [2.05, 4.69) is 11.1 Å². The minimum atomic E-state index is -1.14. The summed E-state index contributed by atoms with van der Waals surface area (Å²) in [4.78, 5) is 48.6. The molecule has 10 nitrogen and oxygen atoms in total. The summed E-state index contributed by atoms with van der Waals surface area (Å²) in [6.07, 6.45) is 4.38. The Kier molecular flexibility index (Phi) is 7.97. The van der Waals surface area contributed by atoms with Gasteiger partial charge in [-0.1, -0.05) is 36.4 Å². The molecule has 1 aromatic carbocycles. The van der Waals surface area contributed by atoms with Crippen molar-refractivity contribution in [2.24, 2.45) is 5.92 Å². The summed E-state index contributed by atoms with van der Waals surface area (Å²) < 4.78 is 9.09. The first-order chi connectivity index (χ1) is 21.3. The summed E-state index contributed by atoms with van der Waals surface area (Å²) in [7, 11) is 0. The maximum Gasteiger partial charge on any atom is 0.410 e. The Bertz CT molecular complexity index is 1800.